The number of rotatable bonds is 5. The standard InChI is InChI=1S/C15H16BrFN2/c1-11(12-5-6-15(17)14(16)10-12)18-9-7-13-4-2-3-8-19-13/h2-6,8,10-11,18H,7,9H2,1H3. The molecule has 2 nitrogen and oxygen atoms in total. The van der Waals surface area contributed by atoms with Crippen LogP contribution in [-0.4, -0.2) is 11.5 Å². The van der Waals surface area contributed by atoms with E-state index in [0.717, 1.165) is 24.2 Å². The zero-order valence-electron chi connectivity index (χ0n) is 10.7. The van der Waals surface area contributed by atoms with Gasteiger partial charge < -0.3 is 5.32 Å². The highest BCUT2D eigenvalue weighted by molar-refractivity contribution is 9.10. The summed E-state index contributed by atoms with van der Waals surface area (Å²) in [5.74, 6) is -0.232. The first-order chi connectivity index (χ1) is 9.16. The Morgan fingerprint density at radius 1 is 1.32 bits per heavy atom. The third kappa shape index (κ3) is 4.11. The quantitative estimate of drug-likeness (QED) is 0.903. The Bertz CT molecular complexity index is 531. The van der Waals surface area contributed by atoms with E-state index < -0.39 is 0 Å². The van der Waals surface area contributed by atoms with E-state index in [9.17, 15) is 4.39 Å². The Morgan fingerprint density at radius 2 is 2.16 bits per heavy atom. The SMILES string of the molecule is CC(NCCc1ccccn1)c1ccc(F)c(Br)c1. The first kappa shape index (κ1) is 14.2. The number of pyridine rings is 1. The molecular formula is C15H16BrFN2. The number of benzene rings is 1. The van der Waals surface area contributed by atoms with Crippen LogP contribution in [0.3, 0.4) is 0 Å². The van der Waals surface area contributed by atoms with Crippen LogP contribution in [0.1, 0.15) is 24.2 Å². The molecule has 0 saturated carbocycles. The summed E-state index contributed by atoms with van der Waals surface area (Å²) < 4.78 is 13.7. The monoisotopic (exact) mass is 322 g/mol. The Morgan fingerprint density at radius 3 is 2.84 bits per heavy atom. The second kappa shape index (κ2) is 6.78. The average molecular weight is 323 g/mol. The van der Waals surface area contributed by atoms with E-state index in [-0.39, 0.29) is 11.9 Å². The highest BCUT2D eigenvalue weighted by Crippen LogP contribution is 2.21. The molecule has 2 rings (SSSR count). The second-order valence-corrected chi connectivity index (χ2v) is 5.27. The topological polar surface area (TPSA) is 24.9 Å². The lowest BCUT2D eigenvalue weighted by molar-refractivity contribution is 0.569. The summed E-state index contributed by atoms with van der Waals surface area (Å²) in [6.45, 7) is 2.91. The van der Waals surface area contributed by atoms with Crippen molar-refractivity contribution in [3.8, 4) is 0 Å². The summed E-state index contributed by atoms with van der Waals surface area (Å²) >= 11 is 3.21. The maximum absolute atomic E-state index is 13.2. The van der Waals surface area contributed by atoms with Crippen molar-refractivity contribution in [2.24, 2.45) is 0 Å². The van der Waals surface area contributed by atoms with Gasteiger partial charge in [-0.25, -0.2) is 4.39 Å². The molecule has 0 saturated heterocycles. The summed E-state index contributed by atoms with van der Waals surface area (Å²) in [7, 11) is 0. The van der Waals surface area contributed by atoms with Crippen LogP contribution in [0.25, 0.3) is 0 Å². The van der Waals surface area contributed by atoms with Gasteiger partial charge in [0.15, 0.2) is 0 Å². The minimum Gasteiger partial charge on any atom is -0.310 e. The molecule has 0 aliphatic heterocycles. The largest absolute Gasteiger partial charge is 0.310 e. The Hall–Kier alpha value is -1.26. The van der Waals surface area contributed by atoms with E-state index in [1.54, 1.807) is 12.3 Å². The maximum Gasteiger partial charge on any atom is 0.137 e. The van der Waals surface area contributed by atoms with E-state index in [1.807, 2.05) is 24.3 Å². The van der Waals surface area contributed by atoms with Gasteiger partial charge in [0.1, 0.15) is 5.82 Å². The molecule has 2 aromatic rings. The molecular weight excluding hydrogens is 307 g/mol. The number of halogens is 2. The first-order valence-electron chi connectivity index (χ1n) is 6.25. The van der Waals surface area contributed by atoms with Gasteiger partial charge >= 0.3 is 0 Å². The lowest BCUT2D eigenvalue weighted by Gasteiger charge is -2.14. The molecule has 4 heteroatoms. The molecule has 1 aromatic carbocycles. The van der Waals surface area contributed by atoms with Crippen LogP contribution in [-0.2, 0) is 6.42 Å². The molecule has 0 fully saturated rings. The van der Waals surface area contributed by atoms with E-state index in [2.05, 4.69) is 33.2 Å². The van der Waals surface area contributed by atoms with Gasteiger partial charge in [-0.3, -0.25) is 4.98 Å². The molecule has 1 atom stereocenters. The smallest absolute Gasteiger partial charge is 0.137 e. The lowest BCUT2D eigenvalue weighted by atomic mass is 10.1. The van der Waals surface area contributed by atoms with Crippen molar-refractivity contribution >= 4 is 15.9 Å². The normalized spacial score (nSPS) is 12.4. The van der Waals surface area contributed by atoms with Crippen molar-refractivity contribution in [1.82, 2.24) is 10.3 Å². The molecule has 0 amide bonds. The summed E-state index contributed by atoms with van der Waals surface area (Å²) in [4.78, 5) is 4.28. The van der Waals surface area contributed by atoms with Gasteiger partial charge in [-0.1, -0.05) is 12.1 Å². The van der Waals surface area contributed by atoms with Gasteiger partial charge in [-0.2, -0.15) is 0 Å². The molecule has 1 heterocycles. The molecule has 1 aromatic heterocycles. The maximum atomic E-state index is 13.2. The van der Waals surface area contributed by atoms with Gasteiger partial charge in [0.2, 0.25) is 0 Å². The van der Waals surface area contributed by atoms with Crippen molar-refractivity contribution in [2.45, 2.75) is 19.4 Å². The Labute approximate surface area is 121 Å². The third-order valence-electron chi connectivity index (χ3n) is 3.00. The lowest BCUT2D eigenvalue weighted by Crippen LogP contribution is -2.21. The molecule has 1 N–H and O–H groups in total. The van der Waals surface area contributed by atoms with E-state index in [1.165, 1.54) is 6.07 Å². The van der Waals surface area contributed by atoms with Gasteiger partial charge in [0.25, 0.3) is 0 Å². The molecule has 100 valence electrons. The minimum absolute atomic E-state index is 0.181. The fourth-order valence-corrected chi connectivity index (χ4v) is 2.26. The van der Waals surface area contributed by atoms with Gasteiger partial charge in [-0.15, -0.1) is 0 Å². The van der Waals surface area contributed by atoms with Crippen LogP contribution < -0.4 is 5.32 Å². The van der Waals surface area contributed by atoms with Crippen LogP contribution >= 0.6 is 15.9 Å². The molecule has 0 aliphatic carbocycles. The number of nitrogens with zero attached hydrogens (tertiary/aromatic N) is 1. The molecule has 19 heavy (non-hydrogen) atoms. The Balaban J connectivity index is 1.87. The van der Waals surface area contributed by atoms with Gasteiger partial charge in [0.05, 0.1) is 4.47 Å². The molecule has 0 aliphatic rings. The zero-order chi connectivity index (χ0) is 13.7. The zero-order valence-corrected chi connectivity index (χ0v) is 12.3. The third-order valence-corrected chi connectivity index (χ3v) is 3.61. The van der Waals surface area contributed by atoms with E-state index in [4.69, 9.17) is 0 Å². The number of aromatic nitrogens is 1. The summed E-state index contributed by atoms with van der Waals surface area (Å²) in [6.07, 6.45) is 2.68. The van der Waals surface area contributed by atoms with Crippen LogP contribution in [0.4, 0.5) is 4.39 Å². The molecule has 0 spiro atoms. The first-order valence-corrected chi connectivity index (χ1v) is 7.04. The molecule has 0 radical (unpaired) electrons. The highest BCUT2D eigenvalue weighted by atomic mass is 79.9. The van der Waals surface area contributed by atoms with Crippen LogP contribution in [0.15, 0.2) is 47.1 Å². The van der Waals surface area contributed by atoms with Crippen molar-refractivity contribution < 1.29 is 4.39 Å². The summed E-state index contributed by atoms with van der Waals surface area (Å²) in [5, 5.41) is 3.41. The second-order valence-electron chi connectivity index (χ2n) is 4.42. The van der Waals surface area contributed by atoms with Crippen molar-refractivity contribution in [2.75, 3.05) is 6.54 Å². The van der Waals surface area contributed by atoms with Crippen LogP contribution in [0.5, 0.6) is 0 Å². The average Bonchev–Trinajstić information content (AvgIpc) is 2.43. The fraction of sp³-hybridized carbons (Fsp3) is 0.267. The van der Waals surface area contributed by atoms with Crippen LogP contribution in [0, 0.1) is 5.82 Å². The van der Waals surface area contributed by atoms with Crippen LogP contribution in [0.2, 0.25) is 0 Å². The Kier molecular flexibility index (Phi) is 5.05. The number of hydrogen-bond acceptors (Lipinski definition) is 2. The number of nitrogens with one attached hydrogen (secondary N) is 1. The minimum atomic E-state index is -0.232. The fourth-order valence-electron chi connectivity index (χ4n) is 1.86. The van der Waals surface area contributed by atoms with E-state index >= 15 is 0 Å². The van der Waals surface area contributed by atoms with E-state index in [0.29, 0.717) is 4.47 Å². The number of hydrogen-bond donors (Lipinski definition) is 1. The van der Waals surface area contributed by atoms with Crippen molar-refractivity contribution in [3.05, 3.63) is 64.1 Å². The van der Waals surface area contributed by atoms with Crippen molar-refractivity contribution in [1.29, 1.82) is 0 Å². The summed E-state index contributed by atoms with van der Waals surface area (Å²) in [5.41, 5.74) is 2.14. The highest BCUT2D eigenvalue weighted by Gasteiger charge is 2.07. The molecule has 1 unspecified atom stereocenters. The van der Waals surface area contributed by atoms with Gasteiger partial charge in [-0.05, 0) is 52.7 Å². The molecule has 0 bridgehead atoms. The van der Waals surface area contributed by atoms with Gasteiger partial charge in [0, 0.05) is 30.9 Å². The predicted molar refractivity (Wildman–Crippen MR) is 78.5 cm³/mol. The predicted octanol–water partition coefficient (Wildman–Crippen LogP) is 3.88. The van der Waals surface area contributed by atoms with Crippen molar-refractivity contribution in [3.63, 3.8) is 0 Å². The summed E-state index contributed by atoms with van der Waals surface area (Å²) in [6, 6.07) is 11.2.